The molecule has 3 aliphatic rings. The molecule has 0 aliphatic carbocycles. The molecular formula is C73H106N8O22. The number of benzene rings is 2. The number of aliphatic hydroxyl groups excluding tert-OH is 4. The molecule has 2 fully saturated rings. The van der Waals surface area contributed by atoms with E-state index < -0.39 is 137 Å². The molecule has 5 N–H and O–H groups in total. The first-order valence-electron chi connectivity index (χ1n) is 35.6. The van der Waals surface area contributed by atoms with Crippen molar-refractivity contribution >= 4 is 58.7 Å². The minimum Gasteiger partial charge on any atom is -0.479 e. The molecule has 3 aliphatic heterocycles. The van der Waals surface area contributed by atoms with Crippen LogP contribution in [0, 0.1) is 45.6 Å². The first-order valence-corrected chi connectivity index (χ1v) is 35.6. The summed E-state index contributed by atoms with van der Waals surface area (Å²) in [5, 5.41) is 73.4. The number of aliphatic hydroxyl groups is 4. The number of carboxylic acids is 1. The summed E-state index contributed by atoms with van der Waals surface area (Å²) in [5.41, 5.74) is 0.134. The molecule has 1 aromatic heterocycles. The van der Waals surface area contributed by atoms with E-state index in [1.54, 1.807) is 51.5 Å². The van der Waals surface area contributed by atoms with Crippen molar-refractivity contribution in [1.82, 2.24) is 34.6 Å². The van der Waals surface area contributed by atoms with Crippen LogP contribution in [0.3, 0.4) is 0 Å². The van der Waals surface area contributed by atoms with Crippen molar-refractivity contribution in [3.8, 4) is 5.75 Å². The Morgan fingerprint density at radius 1 is 0.777 bits per heavy atom. The molecule has 0 radical (unpaired) electrons. The van der Waals surface area contributed by atoms with Crippen LogP contribution in [0.25, 0.3) is 0 Å². The van der Waals surface area contributed by atoms with Gasteiger partial charge in [0.15, 0.2) is 17.6 Å². The maximum atomic E-state index is 15.1. The molecule has 2 saturated heterocycles. The number of unbranched alkanes of at least 4 members (excludes halogenated alkanes) is 2. The Bertz CT molecular complexity index is 3370. The monoisotopic (exact) mass is 1450 g/mol. The van der Waals surface area contributed by atoms with E-state index in [1.165, 1.54) is 55.3 Å². The largest absolute Gasteiger partial charge is 0.479 e. The van der Waals surface area contributed by atoms with Crippen LogP contribution in [0.1, 0.15) is 161 Å². The summed E-state index contributed by atoms with van der Waals surface area (Å²) in [4.78, 5) is 139. The molecule has 30 heteroatoms. The van der Waals surface area contributed by atoms with Gasteiger partial charge < -0.3 is 68.7 Å². The van der Waals surface area contributed by atoms with Gasteiger partial charge in [0, 0.05) is 116 Å². The van der Waals surface area contributed by atoms with Crippen LogP contribution >= 0.6 is 0 Å². The van der Waals surface area contributed by atoms with Crippen molar-refractivity contribution in [2.75, 3.05) is 54.6 Å². The number of imide groups is 1. The summed E-state index contributed by atoms with van der Waals surface area (Å²) in [5.74, 6) is -7.35. The topological polar surface area (TPSA) is 397 Å². The average Bonchev–Trinajstić information content (AvgIpc) is 1.73. The summed E-state index contributed by atoms with van der Waals surface area (Å²) in [6.45, 7) is 15.9. The van der Waals surface area contributed by atoms with Gasteiger partial charge in [-0.3, -0.25) is 48.6 Å². The summed E-state index contributed by atoms with van der Waals surface area (Å²) in [7, 11) is 5.97. The van der Waals surface area contributed by atoms with E-state index in [9.17, 15) is 74.0 Å². The first-order chi connectivity index (χ1) is 48.8. The summed E-state index contributed by atoms with van der Waals surface area (Å²) < 4.78 is 36.4. The number of likely N-dealkylation sites (tertiary alicyclic amines) is 1. The lowest BCUT2D eigenvalue weighted by atomic mass is 9.83. The minimum absolute atomic E-state index is 0.0131. The number of Topliss-reactive ketones (excluding diaryl/α,β-unsaturated/α-hetero) is 3. The van der Waals surface area contributed by atoms with Crippen LogP contribution < -0.4 is 4.74 Å². The maximum Gasteiger partial charge on any atom is 0.410 e. The predicted octanol–water partition coefficient (Wildman–Crippen LogP) is 6.17. The van der Waals surface area contributed by atoms with E-state index in [1.807, 2.05) is 51.1 Å². The number of ketones is 3. The number of methoxy groups -OCH3 is 2. The average molecular weight is 1450 g/mol. The Hall–Kier alpha value is -7.97. The standard InChI is InChI=1S/C73H106N8O22/c1-13-44(6)63(58(98-11)40-61(87)79-32-20-26-52(79)68(99-12)46(8)54(83)36-45(7)64(88)47-22-16-14-17-23-47)76(9)70(92)51(42(2)3)39-55(84)62(43(4)5)77(10)73(95)102-57(48-27-28-56(53(37-48)81(96)97)101-72-67(91)65(89)66(90)69(103-72)71(93)94)38-49-41-78(75-74-49)33-35-100-34-21-25-50(82)24-18-15-19-31-80-59(85)29-30-60(80)86/h14,16-17,22-23,27-30,37,41-46,51-52,57-58,62-69,72,88-91H,13,15,18-21,24-26,31-36,38-40H2,1-12H3,(H,93,94). The molecule has 16 atom stereocenters. The zero-order valence-corrected chi connectivity index (χ0v) is 61.2. The van der Waals surface area contributed by atoms with E-state index in [0.29, 0.717) is 70.0 Å². The van der Waals surface area contributed by atoms with Crippen LogP contribution in [0.4, 0.5) is 10.5 Å². The van der Waals surface area contributed by atoms with E-state index in [0.717, 1.165) is 17.0 Å². The molecule has 4 heterocycles. The first kappa shape index (κ1) is 84.0. The van der Waals surface area contributed by atoms with Gasteiger partial charge in [-0.1, -0.05) is 110 Å². The number of hydrogen-bond donors (Lipinski definition) is 5. The molecule has 2 aromatic carbocycles. The Kier molecular flexibility index (Phi) is 32.4. The van der Waals surface area contributed by atoms with Crippen LogP contribution in [0.15, 0.2) is 66.9 Å². The van der Waals surface area contributed by atoms with Crippen LogP contribution in [-0.2, 0) is 75.0 Å². The smallest absolute Gasteiger partial charge is 0.410 e. The zero-order valence-electron chi connectivity index (χ0n) is 61.2. The Labute approximate surface area is 601 Å². The second-order valence-electron chi connectivity index (χ2n) is 28.0. The highest BCUT2D eigenvalue weighted by Crippen LogP contribution is 2.38. The molecule has 16 unspecified atom stereocenters. The third kappa shape index (κ3) is 22.5. The highest BCUT2D eigenvalue weighted by Gasteiger charge is 2.49. The molecule has 570 valence electrons. The predicted molar refractivity (Wildman–Crippen MR) is 371 cm³/mol. The van der Waals surface area contributed by atoms with E-state index in [2.05, 4.69) is 10.3 Å². The number of nitro groups is 1. The van der Waals surface area contributed by atoms with Crippen molar-refractivity contribution in [3.63, 3.8) is 0 Å². The van der Waals surface area contributed by atoms with Crippen molar-refractivity contribution in [2.45, 2.75) is 219 Å². The third-order valence-corrected chi connectivity index (χ3v) is 20.0. The summed E-state index contributed by atoms with van der Waals surface area (Å²) in [6.07, 6.45) is -7.02. The second-order valence-corrected chi connectivity index (χ2v) is 28.0. The lowest BCUT2D eigenvalue weighted by Crippen LogP contribution is -2.61. The number of aromatic nitrogens is 3. The van der Waals surface area contributed by atoms with Crippen LogP contribution in [0.5, 0.6) is 5.75 Å². The normalized spacial score (nSPS) is 21.3. The Morgan fingerprint density at radius 2 is 1.46 bits per heavy atom. The van der Waals surface area contributed by atoms with Gasteiger partial charge in [0.2, 0.25) is 18.1 Å². The number of hydrogen-bond acceptors (Lipinski definition) is 23. The van der Waals surface area contributed by atoms with Gasteiger partial charge in [0.25, 0.3) is 11.8 Å². The van der Waals surface area contributed by atoms with Crippen LogP contribution in [0.2, 0.25) is 0 Å². The lowest BCUT2D eigenvalue weighted by molar-refractivity contribution is -0.387. The number of carbonyl (C=O) groups is 9. The van der Waals surface area contributed by atoms with Gasteiger partial charge in [0.1, 0.15) is 36.0 Å². The fourth-order valence-electron chi connectivity index (χ4n) is 13.9. The van der Waals surface area contributed by atoms with Crippen molar-refractivity contribution < 1.29 is 102 Å². The quantitative estimate of drug-likeness (QED) is 0.0183. The van der Waals surface area contributed by atoms with Gasteiger partial charge in [0.05, 0.1) is 66.6 Å². The number of ether oxygens (including phenoxy) is 6. The highest BCUT2D eigenvalue weighted by atomic mass is 16.7. The number of rotatable bonds is 43. The number of carbonyl (C=O) groups excluding carboxylic acids is 8. The van der Waals surface area contributed by atoms with Gasteiger partial charge in [-0.05, 0) is 73.0 Å². The van der Waals surface area contributed by atoms with Crippen molar-refractivity contribution in [1.29, 1.82) is 0 Å². The number of nitro benzene ring substituents is 1. The molecule has 3 aromatic rings. The highest BCUT2D eigenvalue weighted by molar-refractivity contribution is 6.12. The number of aliphatic carboxylic acids is 1. The number of carboxylic acid groups (broad SMARTS) is 1. The molecule has 5 amide bonds. The summed E-state index contributed by atoms with van der Waals surface area (Å²) in [6, 6.07) is 10.2. The van der Waals surface area contributed by atoms with Crippen molar-refractivity contribution in [3.05, 3.63) is 93.8 Å². The molecule has 0 bridgehead atoms. The SMILES string of the molecule is CCC(C)C(C(CC(=O)N1CCCC1C(OC)C(C)C(=O)CC(C)C(O)c1ccccc1)OC)N(C)C(=O)C(CC(=O)C(C(C)C)N(C)C(=O)OC(Cc1cn(CCOCCCC(=O)CCCCCN2C(=O)C=CC2=O)nn1)c1ccc(OC2OC(C(=O)O)C(O)C(O)C2O)c([N+](=O)[O-])c1)C(C)C. The third-order valence-electron chi connectivity index (χ3n) is 20.0. The van der Waals surface area contributed by atoms with E-state index in [4.69, 9.17) is 28.4 Å². The van der Waals surface area contributed by atoms with Crippen LogP contribution in [-0.4, -0.2) is 234 Å². The molecule has 0 saturated carbocycles. The zero-order chi connectivity index (χ0) is 76.1. The Balaban J connectivity index is 1.15. The Morgan fingerprint density at radius 3 is 2.08 bits per heavy atom. The van der Waals surface area contributed by atoms with Crippen molar-refractivity contribution in [2.24, 2.45) is 35.5 Å². The molecule has 6 rings (SSSR count). The van der Waals surface area contributed by atoms with Gasteiger partial charge in [-0.2, -0.15) is 0 Å². The summed E-state index contributed by atoms with van der Waals surface area (Å²) >= 11 is 0. The fourth-order valence-corrected chi connectivity index (χ4v) is 13.9. The van der Waals surface area contributed by atoms with E-state index >= 15 is 4.79 Å². The minimum atomic E-state index is -2.10. The molecular weight excluding hydrogens is 1340 g/mol. The lowest BCUT2D eigenvalue weighted by Gasteiger charge is -2.41. The molecule has 30 nitrogen and oxygen atoms in total. The number of amides is 5. The van der Waals surface area contributed by atoms with Gasteiger partial charge >= 0.3 is 17.7 Å². The fraction of sp³-hybridized carbons (Fsp3) is 0.658. The van der Waals surface area contributed by atoms with Gasteiger partial charge in [-0.25, -0.2) is 14.3 Å². The molecule has 103 heavy (non-hydrogen) atoms. The number of nitrogens with zero attached hydrogens (tertiary/aromatic N) is 8. The molecule has 0 spiro atoms. The van der Waals surface area contributed by atoms with Gasteiger partial charge in [-0.15, -0.1) is 5.10 Å². The number of likely N-dealkylation sites (N-methyl/N-ethyl adjacent to an activating group) is 2. The maximum absolute atomic E-state index is 15.1. The second kappa shape index (κ2) is 39.8. The van der Waals surface area contributed by atoms with E-state index in [-0.39, 0.29) is 104 Å².